The minimum atomic E-state index is -1.21. The number of rotatable bonds is 7. The number of nitrogens with zero attached hydrogens (tertiary/aromatic N) is 1. The minimum Gasteiger partial charge on any atom is -0.480 e. The first-order valence-corrected chi connectivity index (χ1v) is 6.66. The number of hydrogen-bond acceptors (Lipinski definition) is 6. The van der Waals surface area contributed by atoms with Crippen LogP contribution in [0.3, 0.4) is 0 Å². The molecular weight excluding hydrogens is 282 g/mol. The van der Waals surface area contributed by atoms with Crippen LogP contribution < -0.4 is 0 Å². The maximum atomic E-state index is 11.9. The maximum Gasteiger partial charge on any atom is 0.326 e. The summed E-state index contributed by atoms with van der Waals surface area (Å²) in [6, 6.07) is -1.14. The Morgan fingerprint density at radius 3 is 2.62 bits per heavy atom. The van der Waals surface area contributed by atoms with E-state index in [9.17, 15) is 24.3 Å². The molecule has 1 fully saturated rings. The van der Waals surface area contributed by atoms with Gasteiger partial charge in [0.1, 0.15) is 6.04 Å². The summed E-state index contributed by atoms with van der Waals surface area (Å²) in [6.45, 7) is 1.85. The van der Waals surface area contributed by atoms with Crippen LogP contribution in [-0.2, 0) is 28.7 Å². The number of likely N-dealkylation sites (tertiary alicyclic amines) is 1. The second-order valence-corrected chi connectivity index (χ2v) is 4.67. The Hall–Kier alpha value is -2.12. The topological polar surface area (TPSA) is 110 Å². The van der Waals surface area contributed by atoms with E-state index in [1.165, 1.54) is 7.11 Å². The fourth-order valence-electron chi connectivity index (χ4n) is 2.26. The quantitative estimate of drug-likeness (QED) is 0.648. The Labute approximate surface area is 122 Å². The molecule has 0 aromatic rings. The Balaban J connectivity index is 2.68. The molecule has 1 unspecified atom stereocenters. The van der Waals surface area contributed by atoms with Gasteiger partial charge in [-0.15, -0.1) is 0 Å². The monoisotopic (exact) mass is 301 g/mol. The fourth-order valence-corrected chi connectivity index (χ4v) is 2.26. The van der Waals surface area contributed by atoms with Crippen molar-refractivity contribution < 1.29 is 33.8 Å². The van der Waals surface area contributed by atoms with Gasteiger partial charge in [-0.25, -0.2) is 4.79 Å². The number of carbonyl (C=O) groups excluding carboxylic acids is 3. The second-order valence-electron chi connectivity index (χ2n) is 4.67. The number of carboxylic acid groups (broad SMARTS) is 1. The number of carbonyl (C=O) groups is 4. The van der Waals surface area contributed by atoms with Crippen LogP contribution in [0.15, 0.2) is 0 Å². The van der Waals surface area contributed by atoms with Crippen molar-refractivity contribution in [3.8, 4) is 0 Å². The third-order valence-electron chi connectivity index (χ3n) is 3.28. The summed E-state index contributed by atoms with van der Waals surface area (Å²) in [5.74, 6) is -3.35. The molecule has 1 N–H and O–H groups in total. The van der Waals surface area contributed by atoms with E-state index in [1.807, 2.05) is 0 Å². The number of aliphatic carboxylic acids is 1. The normalized spacial score (nSPS) is 19.2. The summed E-state index contributed by atoms with van der Waals surface area (Å²) in [5.41, 5.74) is 0. The number of carboxylic acids is 1. The summed E-state index contributed by atoms with van der Waals surface area (Å²) in [5, 5.41) is 9.21. The van der Waals surface area contributed by atoms with Gasteiger partial charge in [0.25, 0.3) is 0 Å². The highest BCUT2D eigenvalue weighted by Gasteiger charge is 2.41. The number of ether oxygens (including phenoxy) is 2. The van der Waals surface area contributed by atoms with Crippen molar-refractivity contribution >= 4 is 23.8 Å². The lowest BCUT2D eigenvalue weighted by molar-refractivity contribution is -0.150. The van der Waals surface area contributed by atoms with Crippen molar-refractivity contribution in [2.45, 2.75) is 32.2 Å². The minimum absolute atomic E-state index is 0.00863. The molecule has 8 nitrogen and oxygen atoms in total. The Kier molecular flexibility index (Phi) is 6.13. The van der Waals surface area contributed by atoms with E-state index in [4.69, 9.17) is 4.74 Å². The zero-order chi connectivity index (χ0) is 16.0. The lowest BCUT2D eigenvalue weighted by atomic mass is 10.1. The van der Waals surface area contributed by atoms with Crippen LogP contribution >= 0.6 is 0 Å². The number of methoxy groups -OCH3 is 1. The molecule has 1 rings (SSSR count). The van der Waals surface area contributed by atoms with Crippen LogP contribution in [0.25, 0.3) is 0 Å². The fraction of sp³-hybridized carbons (Fsp3) is 0.692. The molecule has 0 bridgehead atoms. The van der Waals surface area contributed by atoms with Crippen molar-refractivity contribution in [2.75, 3.05) is 20.3 Å². The van der Waals surface area contributed by atoms with Crippen molar-refractivity contribution in [2.24, 2.45) is 5.92 Å². The first-order chi connectivity index (χ1) is 9.90. The SMILES string of the molecule is CCOC(=O)CC[C@@H](C(=O)O)N1CC(C(=O)OC)CC1=O. The molecule has 8 heteroatoms. The van der Waals surface area contributed by atoms with Gasteiger partial charge in [-0.05, 0) is 13.3 Å². The number of esters is 2. The first kappa shape index (κ1) is 16.9. The molecule has 0 saturated carbocycles. The van der Waals surface area contributed by atoms with Gasteiger partial charge in [0, 0.05) is 19.4 Å². The molecule has 2 atom stereocenters. The van der Waals surface area contributed by atoms with Gasteiger partial charge in [-0.1, -0.05) is 0 Å². The van der Waals surface area contributed by atoms with Gasteiger partial charge >= 0.3 is 17.9 Å². The van der Waals surface area contributed by atoms with Crippen LogP contribution in [0, 0.1) is 5.92 Å². The van der Waals surface area contributed by atoms with Crippen LogP contribution in [0.4, 0.5) is 0 Å². The lowest BCUT2D eigenvalue weighted by Crippen LogP contribution is -2.43. The Morgan fingerprint density at radius 2 is 2.10 bits per heavy atom. The molecule has 1 heterocycles. The van der Waals surface area contributed by atoms with E-state index < -0.39 is 35.8 Å². The van der Waals surface area contributed by atoms with Crippen molar-refractivity contribution in [1.29, 1.82) is 0 Å². The molecule has 0 aliphatic carbocycles. The smallest absolute Gasteiger partial charge is 0.326 e. The average molecular weight is 301 g/mol. The zero-order valence-corrected chi connectivity index (χ0v) is 12.0. The lowest BCUT2D eigenvalue weighted by Gasteiger charge is -2.24. The summed E-state index contributed by atoms with van der Waals surface area (Å²) < 4.78 is 9.29. The standard InChI is InChI=1S/C13H19NO7/c1-3-21-11(16)5-4-9(12(17)18)14-7-8(6-10(14)15)13(19)20-2/h8-9H,3-7H2,1-2H3,(H,17,18)/t8?,9-/m0/s1. The summed E-state index contributed by atoms with van der Waals surface area (Å²) in [7, 11) is 1.21. The molecule has 1 saturated heterocycles. The molecule has 21 heavy (non-hydrogen) atoms. The average Bonchev–Trinajstić information content (AvgIpc) is 2.80. The predicted octanol–water partition coefficient (Wildman–Crippen LogP) is -0.196. The third-order valence-corrected chi connectivity index (χ3v) is 3.28. The van der Waals surface area contributed by atoms with Gasteiger partial charge in [0.05, 0.1) is 19.6 Å². The van der Waals surface area contributed by atoms with Crippen LogP contribution in [0.1, 0.15) is 26.2 Å². The van der Waals surface area contributed by atoms with Gasteiger partial charge in [-0.2, -0.15) is 0 Å². The predicted molar refractivity (Wildman–Crippen MR) is 69.1 cm³/mol. The van der Waals surface area contributed by atoms with Gasteiger partial charge < -0.3 is 19.5 Å². The largest absolute Gasteiger partial charge is 0.480 e. The van der Waals surface area contributed by atoms with Crippen molar-refractivity contribution in [1.82, 2.24) is 4.90 Å². The Morgan fingerprint density at radius 1 is 1.43 bits per heavy atom. The zero-order valence-electron chi connectivity index (χ0n) is 12.0. The highest BCUT2D eigenvalue weighted by atomic mass is 16.5. The van der Waals surface area contributed by atoms with E-state index in [1.54, 1.807) is 6.92 Å². The molecule has 0 spiro atoms. The highest BCUT2D eigenvalue weighted by molar-refractivity contribution is 5.90. The molecule has 0 aromatic carbocycles. The molecule has 0 radical (unpaired) electrons. The number of amides is 1. The van der Waals surface area contributed by atoms with Crippen molar-refractivity contribution in [3.63, 3.8) is 0 Å². The summed E-state index contributed by atoms with van der Waals surface area (Å²) >= 11 is 0. The van der Waals surface area contributed by atoms with E-state index in [-0.39, 0.29) is 32.4 Å². The molecule has 1 aliphatic heterocycles. The Bertz CT molecular complexity index is 434. The van der Waals surface area contributed by atoms with E-state index in [0.717, 1.165) is 4.90 Å². The van der Waals surface area contributed by atoms with Gasteiger partial charge in [0.15, 0.2) is 0 Å². The van der Waals surface area contributed by atoms with Crippen molar-refractivity contribution in [3.05, 3.63) is 0 Å². The van der Waals surface area contributed by atoms with Gasteiger partial charge in [0.2, 0.25) is 5.91 Å². The molecule has 1 amide bonds. The van der Waals surface area contributed by atoms with E-state index >= 15 is 0 Å². The third kappa shape index (κ3) is 4.44. The summed E-state index contributed by atoms with van der Waals surface area (Å²) in [4.78, 5) is 47.0. The van der Waals surface area contributed by atoms with Crippen LogP contribution in [0.5, 0.6) is 0 Å². The van der Waals surface area contributed by atoms with E-state index in [0.29, 0.717) is 0 Å². The highest BCUT2D eigenvalue weighted by Crippen LogP contribution is 2.23. The second kappa shape index (κ2) is 7.61. The molecule has 118 valence electrons. The van der Waals surface area contributed by atoms with Gasteiger partial charge in [-0.3, -0.25) is 14.4 Å². The first-order valence-electron chi connectivity index (χ1n) is 6.66. The summed E-state index contributed by atoms with van der Waals surface area (Å²) in [6.07, 6.45) is -0.221. The molecule has 0 aromatic heterocycles. The molecule has 1 aliphatic rings. The van der Waals surface area contributed by atoms with Crippen LogP contribution in [0.2, 0.25) is 0 Å². The molecular formula is C13H19NO7. The number of hydrogen-bond donors (Lipinski definition) is 1. The van der Waals surface area contributed by atoms with Crippen LogP contribution in [-0.4, -0.2) is 60.1 Å². The van der Waals surface area contributed by atoms with E-state index in [2.05, 4.69) is 4.74 Å². The maximum absolute atomic E-state index is 11.9.